The second-order valence-corrected chi connectivity index (χ2v) is 4.68. The van der Waals surface area contributed by atoms with Gasteiger partial charge in [0.2, 0.25) is 0 Å². The standard InChI is InChI=1S/C13H20O9/c1-6(15)19-10-9(5-14)22-13(18-4)12(21-8(3)17)11(10)20-7(2)16/h9-14H,5H2,1-4H3/t9-,10-,11+,12-,13-/m1/s1. The van der Waals surface area contributed by atoms with Crippen LogP contribution in [0, 0.1) is 0 Å². The number of hydrogen-bond donors (Lipinski definition) is 1. The van der Waals surface area contributed by atoms with Gasteiger partial charge in [0.1, 0.15) is 6.10 Å². The molecule has 5 atom stereocenters. The predicted octanol–water partition coefficient (Wildman–Crippen LogP) is -0.855. The van der Waals surface area contributed by atoms with Crippen LogP contribution in [0.1, 0.15) is 20.8 Å². The van der Waals surface area contributed by atoms with Gasteiger partial charge in [-0.15, -0.1) is 0 Å². The van der Waals surface area contributed by atoms with Gasteiger partial charge in [-0.3, -0.25) is 14.4 Å². The fourth-order valence-corrected chi connectivity index (χ4v) is 2.19. The van der Waals surface area contributed by atoms with Gasteiger partial charge in [0.05, 0.1) is 6.61 Å². The third kappa shape index (κ3) is 4.65. The van der Waals surface area contributed by atoms with E-state index in [1.54, 1.807) is 0 Å². The van der Waals surface area contributed by atoms with E-state index in [4.69, 9.17) is 23.7 Å². The Hall–Kier alpha value is -1.71. The minimum atomic E-state index is -1.17. The number of carbonyl (C=O) groups excluding carboxylic acids is 3. The summed E-state index contributed by atoms with van der Waals surface area (Å²) in [6, 6.07) is 0. The predicted molar refractivity (Wildman–Crippen MR) is 69.4 cm³/mol. The van der Waals surface area contributed by atoms with Gasteiger partial charge in [-0.1, -0.05) is 0 Å². The Labute approximate surface area is 127 Å². The third-order valence-corrected chi connectivity index (χ3v) is 2.91. The van der Waals surface area contributed by atoms with E-state index in [-0.39, 0.29) is 0 Å². The Kier molecular flexibility index (Phi) is 6.72. The van der Waals surface area contributed by atoms with Crippen LogP contribution in [-0.4, -0.2) is 67.4 Å². The molecule has 1 heterocycles. The van der Waals surface area contributed by atoms with Crippen LogP contribution in [0.2, 0.25) is 0 Å². The molecule has 0 spiro atoms. The SMILES string of the molecule is CO[C@@H]1O[C@H](CO)[C@@H](OC(C)=O)[C@H](OC(C)=O)[C@H]1OC(C)=O. The summed E-state index contributed by atoms with van der Waals surface area (Å²) in [6.45, 7) is 2.96. The van der Waals surface area contributed by atoms with Gasteiger partial charge in [-0.25, -0.2) is 0 Å². The molecule has 1 N–H and O–H groups in total. The van der Waals surface area contributed by atoms with E-state index >= 15 is 0 Å². The quantitative estimate of drug-likeness (QED) is 0.510. The fourth-order valence-electron chi connectivity index (χ4n) is 2.19. The second-order valence-electron chi connectivity index (χ2n) is 4.68. The van der Waals surface area contributed by atoms with Crippen LogP contribution < -0.4 is 0 Å². The molecule has 22 heavy (non-hydrogen) atoms. The number of rotatable bonds is 5. The highest BCUT2D eigenvalue weighted by molar-refractivity contribution is 5.68. The lowest BCUT2D eigenvalue weighted by Crippen LogP contribution is -2.62. The first-order valence-electron chi connectivity index (χ1n) is 6.61. The summed E-state index contributed by atoms with van der Waals surface area (Å²) in [4.78, 5) is 33.8. The normalized spacial score (nSPS) is 31.2. The van der Waals surface area contributed by atoms with Crippen LogP contribution in [0.5, 0.6) is 0 Å². The first kappa shape index (κ1) is 18.3. The highest BCUT2D eigenvalue weighted by atomic mass is 16.7. The topological polar surface area (TPSA) is 118 Å². The summed E-state index contributed by atoms with van der Waals surface area (Å²) in [7, 11) is 1.30. The zero-order chi connectivity index (χ0) is 16.9. The van der Waals surface area contributed by atoms with E-state index in [1.807, 2.05) is 0 Å². The van der Waals surface area contributed by atoms with Gasteiger partial charge in [0.25, 0.3) is 0 Å². The van der Waals surface area contributed by atoms with E-state index in [9.17, 15) is 19.5 Å². The molecule has 0 aromatic rings. The second kappa shape index (κ2) is 8.06. The van der Waals surface area contributed by atoms with Crippen molar-refractivity contribution in [3.63, 3.8) is 0 Å². The molecule has 1 saturated heterocycles. The Morgan fingerprint density at radius 1 is 0.909 bits per heavy atom. The summed E-state index contributed by atoms with van der Waals surface area (Å²) in [5.74, 6) is -1.99. The third-order valence-electron chi connectivity index (χ3n) is 2.91. The first-order chi connectivity index (χ1) is 10.3. The smallest absolute Gasteiger partial charge is 0.303 e. The average molecular weight is 320 g/mol. The molecule has 9 nitrogen and oxygen atoms in total. The Morgan fingerprint density at radius 3 is 1.77 bits per heavy atom. The number of aliphatic hydroxyl groups excluding tert-OH is 1. The van der Waals surface area contributed by atoms with Crippen molar-refractivity contribution in [1.82, 2.24) is 0 Å². The zero-order valence-corrected chi connectivity index (χ0v) is 12.8. The molecule has 1 aliphatic rings. The molecular formula is C13H20O9. The maximum absolute atomic E-state index is 11.3. The van der Waals surface area contributed by atoms with Crippen molar-refractivity contribution in [2.45, 2.75) is 51.5 Å². The lowest BCUT2D eigenvalue weighted by molar-refractivity contribution is -0.302. The summed E-state index contributed by atoms with van der Waals surface area (Å²) in [6.07, 6.45) is -5.52. The molecule has 0 bridgehead atoms. The van der Waals surface area contributed by atoms with Crippen LogP contribution in [0.15, 0.2) is 0 Å². The molecule has 1 fully saturated rings. The highest BCUT2D eigenvalue weighted by Gasteiger charge is 2.51. The summed E-state index contributed by atoms with van der Waals surface area (Å²) in [5, 5.41) is 9.39. The maximum atomic E-state index is 11.3. The van der Waals surface area contributed by atoms with Crippen LogP contribution in [0.25, 0.3) is 0 Å². The number of hydrogen-bond acceptors (Lipinski definition) is 9. The minimum absolute atomic E-state index is 0.512. The lowest BCUT2D eigenvalue weighted by Gasteiger charge is -2.43. The zero-order valence-electron chi connectivity index (χ0n) is 12.8. The number of aliphatic hydroxyl groups is 1. The van der Waals surface area contributed by atoms with Crippen LogP contribution >= 0.6 is 0 Å². The molecule has 0 unspecified atom stereocenters. The van der Waals surface area contributed by atoms with E-state index in [0.717, 1.165) is 20.8 Å². The van der Waals surface area contributed by atoms with Crippen molar-refractivity contribution in [2.75, 3.05) is 13.7 Å². The van der Waals surface area contributed by atoms with Crippen LogP contribution in [0.4, 0.5) is 0 Å². The van der Waals surface area contributed by atoms with E-state index in [2.05, 4.69) is 0 Å². The monoisotopic (exact) mass is 320 g/mol. The van der Waals surface area contributed by atoms with Crippen molar-refractivity contribution in [2.24, 2.45) is 0 Å². The van der Waals surface area contributed by atoms with Crippen molar-refractivity contribution >= 4 is 17.9 Å². The highest BCUT2D eigenvalue weighted by Crippen LogP contribution is 2.28. The van der Waals surface area contributed by atoms with Crippen molar-refractivity contribution in [3.8, 4) is 0 Å². The average Bonchev–Trinajstić information content (AvgIpc) is 2.41. The maximum Gasteiger partial charge on any atom is 0.303 e. The van der Waals surface area contributed by atoms with Gasteiger partial charge in [0.15, 0.2) is 24.6 Å². The molecule has 1 aliphatic heterocycles. The number of methoxy groups -OCH3 is 1. The number of ether oxygens (including phenoxy) is 5. The van der Waals surface area contributed by atoms with E-state index in [1.165, 1.54) is 7.11 Å². The minimum Gasteiger partial charge on any atom is -0.456 e. The number of esters is 3. The molecular weight excluding hydrogens is 300 g/mol. The number of carbonyl (C=O) groups is 3. The molecule has 9 heteroatoms. The fraction of sp³-hybridized carbons (Fsp3) is 0.769. The molecule has 0 amide bonds. The largest absolute Gasteiger partial charge is 0.456 e. The molecule has 0 saturated carbocycles. The van der Waals surface area contributed by atoms with Gasteiger partial charge in [-0.2, -0.15) is 0 Å². The van der Waals surface area contributed by atoms with Gasteiger partial charge < -0.3 is 28.8 Å². The summed E-state index contributed by atoms with van der Waals surface area (Å²) in [5.41, 5.74) is 0. The van der Waals surface area contributed by atoms with Crippen molar-refractivity contribution in [3.05, 3.63) is 0 Å². The lowest BCUT2D eigenvalue weighted by atomic mass is 9.98. The molecule has 0 aromatic heterocycles. The Morgan fingerprint density at radius 2 is 1.36 bits per heavy atom. The molecule has 126 valence electrons. The summed E-state index contributed by atoms with van der Waals surface area (Å²) < 4.78 is 25.7. The summed E-state index contributed by atoms with van der Waals surface area (Å²) >= 11 is 0. The molecule has 0 aliphatic carbocycles. The molecule has 1 rings (SSSR count). The van der Waals surface area contributed by atoms with Crippen LogP contribution in [-0.2, 0) is 38.1 Å². The van der Waals surface area contributed by atoms with Crippen molar-refractivity contribution in [1.29, 1.82) is 0 Å². The van der Waals surface area contributed by atoms with E-state index in [0.29, 0.717) is 0 Å². The Bertz CT molecular complexity index is 392. The Balaban J connectivity index is 3.14. The van der Waals surface area contributed by atoms with Gasteiger partial charge in [-0.05, 0) is 0 Å². The van der Waals surface area contributed by atoms with E-state index < -0.39 is 55.2 Å². The molecule has 0 radical (unpaired) electrons. The van der Waals surface area contributed by atoms with Crippen LogP contribution in [0.3, 0.4) is 0 Å². The molecule has 0 aromatic carbocycles. The van der Waals surface area contributed by atoms with Gasteiger partial charge in [0, 0.05) is 27.9 Å². The van der Waals surface area contributed by atoms with Crippen molar-refractivity contribution < 1.29 is 43.2 Å². The first-order valence-corrected chi connectivity index (χ1v) is 6.61. The van der Waals surface area contributed by atoms with Gasteiger partial charge >= 0.3 is 17.9 Å².